The molecule has 4 rings (SSSR count). The third kappa shape index (κ3) is 4.09. The summed E-state index contributed by atoms with van der Waals surface area (Å²) in [5.41, 5.74) is 3.18. The van der Waals surface area contributed by atoms with Gasteiger partial charge in [-0.25, -0.2) is 4.68 Å². The number of carbonyl (C=O) groups is 1. The van der Waals surface area contributed by atoms with Gasteiger partial charge in [-0.2, -0.15) is 5.10 Å². The predicted molar refractivity (Wildman–Crippen MR) is 112 cm³/mol. The third-order valence-corrected chi connectivity index (χ3v) is 6.22. The zero-order valence-corrected chi connectivity index (χ0v) is 17.5. The van der Waals surface area contributed by atoms with Crippen LogP contribution in [0.4, 0.5) is 0 Å². The second-order valence-corrected chi connectivity index (χ2v) is 7.96. The summed E-state index contributed by atoms with van der Waals surface area (Å²) < 4.78 is 7.44. The highest BCUT2D eigenvalue weighted by atomic mass is 35.5. The van der Waals surface area contributed by atoms with E-state index in [-0.39, 0.29) is 11.9 Å². The summed E-state index contributed by atoms with van der Waals surface area (Å²) >= 11 is 6.24. The molecule has 0 aliphatic carbocycles. The summed E-state index contributed by atoms with van der Waals surface area (Å²) in [4.78, 5) is 14.2. The molecule has 152 valence electrons. The van der Waals surface area contributed by atoms with Crippen LogP contribution < -0.4 is 10.2 Å². The van der Waals surface area contributed by atoms with E-state index in [4.69, 9.17) is 16.0 Å². The Bertz CT molecular complexity index is 973. The first-order chi connectivity index (χ1) is 14.0. The van der Waals surface area contributed by atoms with E-state index in [0.717, 1.165) is 35.9 Å². The Hall–Kier alpha value is -2.57. The number of nitrogens with one attached hydrogen (secondary N) is 2. The summed E-state index contributed by atoms with van der Waals surface area (Å²) in [5, 5.41) is 8.21. The van der Waals surface area contributed by atoms with Gasteiger partial charge in [-0.15, -0.1) is 0 Å². The Morgan fingerprint density at radius 3 is 2.55 bits per heavy atom. The van der Waals surface area contributed by atoms with Gasteiger partial charge in [-0.1, -0.05) is 11.6 Å². The van der Waals surface area contributed by atoms with E-state index in [1.807, 2.05) is 50.2 Å². The van der Waals surface area contributed by atoms with Gasteiger partial charge < -0.3 is 14.6 Å². The van der Waals surface area contributed by atoms with Crippen LogP contribution in [0.25, 0.3) is 5.69 Å². The molecule has 2 N–H and O–H groups in total. The summed E-state index contributed by atoms with van der Waals surface area (Å²) in [7, 11) is 0. The van der Waals surface area contributed by atoms with E-state index in [9.17, 15) is 4.79 Å². The molecule has 1 amide bonds. The smallest absolute Gasteiger partial charge is 0.251 e. The van der Waals surface area contributed by atoms with Gasteiger partial charge in [-0.05, 0) is 50.2 Å². The zero-order valence-electron chi connectivity index (χ0n) is 16.7. The van der Waals surface area contributed by atoms with E-state index < -0.39 is 0 Å². The number of carbonyl (C=O) groups excluding carboxylic acids is 1. The molecule has 0 bridgehead atoms. The lowest BCUT2D eigenvalue weighted by atomic mass is 10.1. The van der Waals surface area contributed by atoms with Crippen LogP contribution in [0, 0.1) is 13.8 Å². The van der Waals surface area contributed by atoms with Gasteiger partial charge in [0.1, 0.15) is 0 Å². The number of furan rings is 1. The second-order valence-electron chi connectivity index (χ2n) is 7.59. The molecule has 1 aromatic carbocycles. The number of likely N-dealkylation sites (tertiary alicyclic amines) is 1. The van der Waals surface area contributed by atoms with Crippen LogP contribution in [0.15, 0.2) is 47.1 Å². The molecule has 3 aromatic rings. The Morgan fingerprint density at radius 1 is 1.24 bits per heavy atom. The molecule has 7 heteroatoms. The van der Waals surface area contributed by atoms with Crippen molar-refractivity contribution in [2.45, 2.75) is 32.7 Å². The summed E-state index contributed by atoms with van der Waals surface area (Å²) in [6.45, 7) is 6.59. The largest absolute Gasteiger partial charge is 0.463 e. The maximum Gasteiger partial charge on any atom is 0.251 e. The molecule has 1 aliphatic heterocycles. The monoisotopic (exact) mass is 413 g/mol. The van der Waals surface area contributed by atoms with Crippen LogP contribution in [-0.4, -0.2) is 35.3 Å². The quantitative estimate of drug-likeness (QED) is 0.653. The number of benzene rings is 1. The SMILES string of the molecule is Cc1nn(-c2ccc(C(=O)NC[C@H](c3ccco3)[NH+]3CCCC3)cc2)c(C)c1Cl. The van der Waals surface area contributed by atoms with Crippen molar-refractivity contribution in [1.29, 1.82) is 0 Å². The topological polar surface area (TPSA) is 64.5 Å². The van der Waals surface area contributed by atoms with Gasteiger partial charge in [0.2, 0.25) is 0 Å². The molecule has 1 saturated heterocycles. The number of quaternary nitrogens is 1. The minimum Gasteiger partial charge on any atom is -0.463 e. The van der Waals surface area contributed by atoms with Crippen molar-refractivity contribution in [1.82, 2.24) is 15.1 Å². The predicted octanol–water partition coefficient (Wildman–Crippen LogP) is 2.89. The average molecular weight is 414 g/mol. The van der Waals surface area contributed by atoms with Gasteiger partial charge in [0.25, 0.3) is 5.91 Å². The molecular weight excluding hydrogens is 388 g/mol. The molecule has 0 unspecified atom stereocenters. The summed E-state index contributed by atoms with van der Waals surface area (Å²) in [6.07, 6.45) is 4.14. The van der Waals surface area contributed by atoms with E-state index in [2.05, 4.69) is 10.4 Å². The fourth-order valence-electron chi connectivity index (χ4n) is 4.04. The Balaban J connectivity index is 1.44. The molecule has 6 nitrogen and oxygen atoms in total. The molecule has 3 heterocycles. The van der Waals surface area contributed by atoms with Crippen molar-refractivity contribution in [3.05, 3.63) is 70.4 Å². The molecule has 2 aromatic heterocycles. The van der Waals surface area contributed by atoms with Gasteiger partial charge >= 0.3 is 0 Å². The summed E-state index contributed by atoms with van der Waals surface area (Å²) in [6, 6.07) is 11.5. The van der Waals surface area contributed by atoms with Crippen LogP contribution in [0.3, 0.4) is 0 Å². The van der Waals surface area contributed by atoms with E-state index in [1.54, 1.807) is 10.9 Å². The number of aromatic nitrogens is 2. The van der Waals surface area contributed by atoms with Crippen LogP contribution in [-0.2, 0) is 0 Å². The highest BCUT2D eigenvalue weighted by molar-refractivity contribution is 6.31. The number of halogens is 1. The lowest BCUT2D eigenvalue weighted by Crippen LogP contribution is -3.11. The van der Waals surface area contributed by atoms with E-state index in [1.165, 1.54) is 17.7 Å². The number of amides is 1. The van der Waals surface area contributed by atoms with Crippen molar-refractivity contribution >= 4 is 17.5 Å². The van der Waals surface area contributed by atoms with Crippen molar-refractivity contribution in [3.63, 3.8) is 0 Å². The minimum atomic E-state index is -0.0851. The number of hydrogen-bond acceptors (Lipinski definition) is 3. The van der Waals surface area contributed by atoms with Crippen LogP contribution >= 0.6 is 11.6 Å². The highest BCUT2D eigenvalue weighted by Crippen LogP contribution is 2.22. The number of nitrogens with zero attached hydrogens (tertiary/aromatic N) is 2. The minimum absolute atomic E-state index is 0.0851. The Labute approximate surface area is 175 Å². The van der Waals surface area contributed by atoms with Crippen molar-refractivity contribution in [2.24, 2.45) is 0 Å². The van der Waals surface area contributed by atoms with E-state index in [0.29, 0.717) is 17.1 Å². The van der Waals surface area contributed by atoms with Gasteiger partial charge in [0, 0.05) is 18.4 Å². The van der Waals surface area contributed by atoms with Crippen molar-refractivity contribution in [2.75, 3.05) is 19.6 Å². The lowest BCUT2D eigenvalue weighted by molar-refractivity contribution is -0.919. The molecule has 1 atom stereocenters. The van der Waals surface area contributed by atoms with Crippen molar-refractivity contribution in [3.8, 4) is 5.69 Å². The van der Waals surface area contributed by atoms with Gasteiger partial charge in [-0.3, -0.25) is 4.79 Å². The first-order valence-corrected chi connectivity index (χ1v) is 10.4. The standard InChI is InChI=1S/C22H25ClN4O2/c1-15-21(23)16(2)27(25-15)18-9-7-17(8-10-18)22(28)24-14-19(20-6-5-13-29-20)26-11-3-4-12-26/h5-10,13,19H,3-4,11-12,14H2,1-2H3,(H,24,28)/p+1/t19-/m1/s1. The maximum absolute atomic E-state index is 12.7. The molecule has 1 aliphatic rings. The molecule has 1 fully saturated rings. The van der Waals surface area contributed by atoms with Crippen molar-refractivity contribution < 1.29 is 14.1 Å². The fourth-order valence-corrected chi connectivity index (χ4v) is 4.16. The fraction of sp³-hybridized carbons (Fsp3) is 0.364. The van der Waals surface area contributed by atoms with Crippen LogP contribution in [0.1, 0.15) is 46.4 Å². The van der Waals surface area contributed by atoms with Gasteiger partial charge in [0.05, 0.1) is 48.0 Å². The van der Waals surface area contributed by atoms with Crippen LogP contribution in [0.5, 0.6) is 0 Å². The molecule has 0 spiro atoms. The lowest BCUT2D eigenvalue weighted by Gasteiger charge is -2.23. The maximum atomic E-state index is 12.7. The normalized spacial score (nSPS) is 15.6. The number of rotatable bonds is 6. The van der Waals surface area contributed by atoms with Gasteiger partial charge in [0.15, 0.2) is 11.8 Å². The molecule has 29 heavy (non-hydrogen) atoms. The molecule has 0 saturated carbocycles. The molecule has 0 radical (unpaired) electrons. The highest BCUT2D eigenvalue weighted by Gasteiger charge is 2.29. The Morgan fingerprint density at radius 2 is 1.97 bits per heavy atom. The average Bonchev–Trinajstić information content (AvgIpc) is 3.49. The second kappa shape index (κ2) is 8.43. The van der Waals surface area contributed by atoms with E-state index >= 15 is 0 Å². The third-order valence-electron chi connectivity index (χ3n) is 5.67. The number of aryl methyl sites for hydroxylation is 1. The first kappa shape index (κ1) is 19.7. The number of hydrogen-bond donors (Lipinski definition) is 2. The van der Waals surface area contributed by atoms with Crippen LogP contribution in [0.2, 0.25) is 5.02 Å². The zero-order chi connectivity index (χ0) is 20.4. The Kier molecular flexibility index (Phi) is 5.74. The first-order valence-electron chi connectivity index (χ1n) is 10.0. The summed E-state index contributed by atoms with van der Waals surface area (Å²) in [5.74, 6) is 0.844. The molecular formula is C22H26ClN4O2+.